The van der Waals surface area contributed by atoms with E-state index < -0.39 is 0 Å². The highest BCUT2D eigenvalue weighted by molar-refractivity contribution is 5.81. The summed E-state index contributed by atoms with van der Waals surface area (Å²) in [5, 5.41) is 18.8. The van der Waals surface area contributed by atoms with Crippen molar-refractivity contribution in [3.8, 4) is 0 Å². The van der Waals surface area contributed by atoms with Crippen LogP contribution in [0.2, 0.25) is 0 Å². The highest BCUT2D eigenvalue weighted by atomic mass is 16.3. The van der Waals surface area contributed by atoms with Crippen molar-refractivity contribution in [1.82, 2.24) is 19.5 Å². The van der Waals surface area contributed by atoms with Crippen molar-refractivity contribution in [1.29, 1.82) is 0 Å². The molecule has 3 rings (SSSR count). The monoisotopic (exact) mass is 261 g/mol. The second kappa shape index (κ2) is 4.60. The van der Waals surface area contributed by atoms with Crippen LogP contribution in [0.25, 0.3) is 11.2 Å². The second-order valence-corrected chi connectivity index (χ2v) is 4.65. The van der Waals surface area contributed by atoms with Crippen molar-refractivity contribution in [2.45, 2.75) is 6.04 Å². The van der Waals surface area contributed by atoms with E-state index in [1.54, 1.807) is 6.33 Å². The number of aliphatic hydroxyl groups excluding tert-OH is 2. The average Bonchev–Trinajstić information content (AvgIpc) is 3.01. The molecule has 4 N–H and O–H groups in total. The number of allylic oxidation sites excluding steroid dienone is 1. The van der Waals surface area contributed by atoms with Crippen LogP contribution in [-0.4, -0.2) is 42.9 Å². The van der Waals surface area contributed by atoms with Crippen molar-refractivity contribution in [3.05, 3.63) is 24.8 Å². The number of aliphatic hydroxyl groups is 2. The molecule has 2 aromatic rings. The molecule has 0 fully saturated rings. The molecule has 2 aromatic heterocycles. The Hall–Kier alpha value is -1.99. The summed E-state index contributed by atoms with van der Waals surface area (Å²) >= 11 is 0. The molecule has 0 aliphatic heterocycles. The first-order valence-electron chi connectivity index (χ1n) is 6.09. The molecule has 0 aromatic carbocycles. The summed E-state index contributed by atoms with van der Waals surface area (Å²) in [5.74, 6) is 0.204. The van der Waals surface area contributed by atoms with Crippen LogP contribution in [0.4, 0.5) is 5.82 Å². The lowest BCUT2D eigenvalue weighted by molar-refractivity contribution is 0.132. The fourth-order valence-electron chi connectivity index (χ4n) is 2.62. The van der Waals surface area contributed by atoms with Gasteiger partial charge in [0, 0.05) is 25.0 Å². The van der Waals surface area contributed by atoms with Crippen LogP contribution in [0, 0.1) is 11.8 Å². The van der Waals surface area contributed by atoms with Crippen molar-refractivity contribution in [3.63, 3.8) is 0 Å². The smallest absolute Gasteiger partial charge is 0.165 e. The maximum absolute atomic E-state index is 9.52. The summed E-state index contributed by atoms with van der Waals surface area (Å²) in [6.07, 6.45) is 6.92. The summed E-state index contributed by atoms with van der Waals surface area (Å²) in [7, 11) is 0. The van der Waals surface area contributed by atoms with Crippen LogP contribution >= 0.6 is 0 Å². The van der Waals surface area contributed by atoms with Gasteiger partial charge in [0.05, 0.1) is 12.4 Å². The Morgan fingerprint density at radius 3 is 2.74 bits per heavy atom. The molecule has 0 saturated heterocycles. The van der Waals surface area contributed by atoms with E-state index in [1.807, 2.05) is 16.7 Å². The Morgan fingerprint density at radius 2 is 2.00 bits per heavy atom. The lowest BCUT2D eigenvalue weighted by Crippen LogP contribution is -2.24. The molecule has 0 radical (unpaired) electrons. The minimum Gasteiger partial charge on any atom is -0.396 e. The third-order valence-electron chi connectivity index (χ3n) is 3.67. The molecule has 2 heterocycles. The molecule has 0 spiro atoms. The molecule has 19 heavy (non-hydrogen) atoms. The fourth-order valence-corrected chi connectivity index (χ4v) is 2.62. The topological polar surface area (TPSA) is 110 Å². The number of nitrogens with two attached hydrogens (primary N) is 1. The Morgan fingerprint density at radius 1 is 1.16 bits per heavy atom. The van der Waals surface area contributed by atoms with Crippen LogP contribution in [-0.2, 0) is 0 Å². The number of nitrogens with zero attached hydrogens (tertiary/aromatic N) is 4. The number of anilines is 1. The van der Waals surface area contributed by atoms with E-state index in [0.717, 1.165) is 0 Å². The van der Waals surface area contributed by atoms with Crippen LogP contribution in [0.15, 0.2) is 24.8 Å². The van der Waals surface area contributed by atoms with Gasteiger partial charge in [0.15, 0.2) is 11.5 Å². The molecule has 1 aliphatic carbocycles. The molecule has 3 atom stereocenters. The predicted molar refractivity (Wildman–Crippen MR) is 69.1 cm³/mol. The third kappa shape index (κ3) is 1.78. The van der Waals surface area contributed by atoms with Crippen molar-refractivity contribution in [2.75, 3.05) is 18.9 Å². The number of nitrogen functional groups attached to an aromatic ring is 1. The number of fused-ring (bicyclic) bond motifs is 1. The first-order valence-corrected chi connectivity index (χ1v) is 6.09. The zero-order valence-corrected chi connectivity index (χ0v) is 10.2. The summed E-state index contributed by atoms with van der Waals surface area (Å²) in [4.78, 5) is 12.3. The van der Waals surface area contributed by atoms with Crippen molar-refractivity contribution >= 4 is 17.0 Å². The maximum Gasteiger partial charge on any atom is 0.165 e. The number of hydrogen-bond acceptors (Lipinski definition) is 6. The van der Waals surface area contributed by atoms with Gasteiger partial charge in [0.25, 0.3) is 0 Å². The zero-order chi connectivity index (χ0) is 13.4. The molecular weight excluding hydrogens is 246 g/mol. The van der Waals surface area contributed by atoms with E-state index in [0.29, 0.717) is 17.0 Å². The van der Waals surface area contributed by atoms with Gasteiger partial charge in [-0.1, -0.05) is 12.2 Å². The normalized spacial score (nSPS) is 26.3. The minimum atomic E-state index is -0.0846. The second-order valence-electron chi connectivity index (χ2n) is 4.65. The standard InChI is InChI=1S/C12H15N5O2/c13-11-10-12(15-5-14-11)17(6-16-10)9-2-1-7(3-18)8(9)4-19/h1-2,5-9,18-19H,3-4H2,(H2,13,14,15). The molecule has 0 amide bonds. The predicted octanol–water partition coefficient (Wildman–Crippen LogP) is -0.264. The summed E-state index contributed by atoms with van der Waals surface area (Å²) in [6, 6.07) is -0.0820. The van der Waals surface area contributed by atoms with Crippen LogP contribution < -0.4 is 5.73 Å². The van der Waals surface area contributed by atoms with Gasteiger partial charge in [0.2, 0.25) is 0 Å². The van der Waals surface area contributed by atoms with E-state index in [4.69, 9.17) is 5.73 Å². The van der Waals surface area contributed by atoms with Gasteiger partial charge < -0.3 is 20.5 Å². The van der Waals surface area contributed by atoms with Gasteiger partial charge in [-0.3, -0.25) is 0 Å². The van der Waals surface area contributed by atoms with Gasteiger partial charge in [0.1, 0.15) is 11.8 Å². The average molecular weight is 261 g/mol. The van der Waals surface area contributed by atoms with Gasteiger partial charge >= 0.3 is 0 Å². The van der Waals surface area contributed by atoms with E-state index >= 15 is 0 Å². The van der Waals surface area contributed by atoms with E-state index in [2.05, 4.69) is 15.0 Å². The largest absolute Gasteiger partial charge is 0.396 e. The first-order chi connectivity index (χ1) is 9.26. The van der Waals surface area contributed by atoms with Gasteiger partial charge in [-0.15, -0.1) is 0 Å². The molecular formula is C12H15N5O2. The number of imidazole rings is 1. The Balaban J connectivity index is 2.06. The first kappa shape index (κ1) is 12.1. The van der Waals surface area contributed by atoms with Gasteiger partial charge in [-0.05, 0) is 0 Å². The fraction of sp³-hybridized carbons (Fsp3) is 0.417. The summed E-state index contributed by atoms with van der Waals surface area (Å²) in [5.41, 5.74) is 6.95. The number of hydrogen-bond donors (Lipinski definition) is 3. The highest BCUT2D eigenvalue weighted by Crippen LogP contribution is 2.35. The quantitative estimate of drug-likeness (QED) is 0.656. The van der Waals surface area contributed by atoms with Crippen LogP contribution in [0.3, 0.4) is 0 Å². The lowest BCUT2D eigenvalue weighted by Gasteiger charge is -2.23. The summed E-state index contributed by atoms with van der Waals surface area (Å²) < 4.78 is 1.86. The number of rotatable bonds is 3. The van der Waals surface area contributed by atoms with Gasteiger partial charge in [-0.2, -0.15) is 0 Å². The molecule has 7 heteroatoms. The molecule has 100 valence electrons. The van der Waals surface area contributed by atoms with Crippen LogP contribution in [0.1, 0.15) is 6.04 Å². The van der Waals surface area contributed by atoms with E-state index in [9.17, 15) is 10.2 Å². The SMILES string of the molecule is Nc1ncnc2c1ncn2C1C=CC(CO)C1CO. The van der Waals surface area contributed by atoms with Crippen LogP contribution in [0.5, 0.6) is 0 Å². The van der Waals surface area contributed by atoms with E-state index in [1.165, 1.54) is 6.33 Å². The molecule has 0 bridgehead atoms. The van der Waals surface area contributed by atoms with E-state index in [-0.39, 0.29) is 31.1 Å². The molecule has 0 saturated carbocycles. The van der Waals surface area contributed by atoms with Crippen molar-refractivity contribution < 1.29 is 10.2 Å². The Labute approximate surface area is 109 Å². The molecule has 7 nitrogen and oxygen atoms in total. The Bertz CT molecular complexity index is 624. The lowest BCUT2D eigenvalue weighted by atomic mass is 9.94. The maximum atomic E-state index is 9.52. The van der Waals surface area contributed by atoms with Gasteiger partial charge in [-0.25, -0.2) is 15.0 Å². The minimum absolute atomic E-state index is 0.0108. The third-order valence-corrected chi connectivity index (χ3v) is 3.67. The highest BCUT2D eigenvalue weighted by Gasteiger charge is 2.32. The van der Waals surface area contributed by atoms with Crippen molar-refractivity contribution in [2.24, 2.45) is 11.8 Å². The molecule has 1 aliphatic rings. The number of aromatic nitrogens is 4. The Kier molecular flexibility index (Phi) is 2.92. The zero-order valence-electron chi connectivity index (χ0n) is 10.2. The summed E-state index contributed by atoms with van der Waals surface area (Å²) in [6.45, 7) is 0.00507. The molecule has 3 unspecified atom stereocenters.